The average Bonchev–Trinajstić information content (AvgIpc) is 2.63. The molecule has 1 aromatic carbocycles. The summed E-state index contributed by atoms with van der Waals surface area (Å²) in [6.45, 7) is 0.416. The fourth-order valence-corrected chi connectivity index (χ4v) is 5.91. The number of rotatable bonds is 4. The summed E-state index contributed by atoms with van der Waals surface area (Å²) >= 11 is 5.90. The third-order valence-electron chi connectivity index (χ3n) is 6.34. The van der Waals surface area contributed by atoms with Gasteiger partial charge in [0.05, 0.1) is 11.6 Å². The molecule has 4 aliphatic rings. The lowest BCUT2D eigenvalue weighted by molar-refractivity contribution is -0.117. The minimum absolute atomic E-state index is 0.134. The third-order valence-corrected chi connectivity index (χ3v) is 6.67. The summed E-state index contributed by atoms with van der Waals surface area (Å²) in [5.41, 5.74) is 5.18. The summed E-state index contributed by atoms with van der Waals surface area (Å²) in [5, 5.41) is 0.201. The fraction of sp³-hybridized carbons (Fsp3) is 0.524. The molecule has 0 aromatic heterocycles. The van der Waals surface area contributed by atoms with Crippen molar-refractivity contribution in [3.05, 3.63) is 40.7 Å². The molecule has 0 saturated heterocycles. The van der Waals surface area contributed by atoms with Crippen molar-refractivity contribution in [2.24, 2.45) is 23.2 Å². The molecule has 0 spiro atoms. The standard InChI is InChI=1S/C21H24ClFN2O3/c22-18-8-17(23)3-1-16(18)2-4-19(26)24-25-20(27)28-12-21-9-13-5-14(10-21)7-15(6-13)11-21/h1-4,8,13-15H,5-7,9-12H2,(H,24,26)(H,25,27)/b4-2+. The Hall–Kier alpha value is -2.08. The van der Waals surface area contributed by atoms with E-state index in [1.54, 1.807) is 0 Å². The van der Waals surface area contributed by atoms with Gasteiger partial charge in [-0.15, -0.1) is 0 Å². The second-order valence-electron chi connectivity index (χ2n) is 8.61. The number of hydrogen-bond donors (Lipinski definition) is 2. The molecule has 0 radical (unpaired) electrons. The molecular formula is C21H24ClFN2O3. The molecule has 2 amide bonds. The molecule has 5 rings (SSSR count). The van der Waals surface area contributed by atoms with Gasteiger partial charge in [0.25, 0.3) is 5.91 Å². The number of amides is 2. The van der Waals surface area contributed by atoms with Gasteiger partial charge in [0.1, 0.15) is 5.82 Å². The molecule has 4 fully saturated rings. The number of carbonyl (C=O) groups excluding carboxylic acids is 2. The van der Waals surface area contributed by atoms with Crippen molar-refractivity contribution in [3.63, 3.8) is 0 Å². The highest BCUT2D eigenvalue weighted by Gasteiger charge is 2.51. The first-order chi connectivity index (χ1) is 13.4. The van der Waals surface area contributed by atoms with Gasteiger partial charge < -0.3 is 4.74 Å². The van der Waals surface area contributed by atoms with Gasteiger partial charge in [-0.3, -0.25) is 10.2 Å². The Morgan fingerprint density at radius 1 is 1.14 bits per heavy atom. The Morgan fingerprint density at radius 3 is 2.39 bits per heavy atom. The van der Waals surface area contributed by atoms with Gasteiger partial charge in [-0.05, 0) is 80.1 Å². The van der Waals surface area contributed by atoms with Crippen molar-refractivity contribution >= 4 is 29.7 Å². The molecule has 0 heterocycles. The predicted molar refractivity (Wildman–Crippen MR) is 104 cm³/mol. The van der Waals surface area contributed by atoms with Crippen LogP contribution in [-0.4, -0.2) is 18.6 Å². The third kappa shape index (κ3) is 4.32. The van der Waals surface area contributed by atoms with E-state index in [1.165, 1.54) is 49.6 Å². The van der Waals surface area contributed by atoms with Gasteiger partial charge in [0.15, 0.2) is 0 Å². The van der Waals surface area contributed by atoms with Crippen LogP contribution < -0.4 is 10.9 Å². The van der Waals surface area contributed by atoms with Crippen LogP contribution in [0.4, 0.5) is 9.18 Å². The van der Waals surface area contributed by atoms with Crippen molar-refractivity contribution in [1.29, 1.82) is 0 Å². The lowest BCUT2D eigenvalue weighted by Gasteiger charge is -2.56. The van der Waals surface area contributed by atoms with E-state index in [4.69, 9.17) is 16.3 Å². The molecule has 0 atom stereocenters. The van der Waals surface area contributed by atoms with Crippen LogP contribution in [0.25, 0.3) is 6.08 Å². The number of ether oxygens (including phenoxy) is 1. The number of carbonyl (C=O) groups is 2. The SMILES string of the molecule is O=C(/C=C/c1ccc(F)cc1Cl)NNC(=O)OCC12CC3CC(CC(C3)C1)C2. The molecule has 5 nitrogen and oxygen atoms in total. The fourth-order valence-electron chi connectivity index (χ4n) is 5.68. The predicted octanol–water partition coefficient (Wildman–Crippen LogP) is 4.47. The topological polar surface area (TPSA) is 67.4 Å². The van der Waals surface area contributed by atoms with E-state index >= 15 is 0 Å². The van der Waals surface area contributed by atoms with E-state index in [0.29, 0.717) is 12.2 Å². The van der Waals surface area contributed by atoms with E-state index in [9.17, 15) is 14.0 Å². The summed E-state index contributed by atoms with van der Waals surface area (Å²) in [6, 6.07) is 3.89. The number of hydrogen-bond acceptors (Lipinski definition) is 3. The Morgan fingerprint density at radius 2 is 1.79 bits per heavy atom. The summed E-state index contributed by atoms with van der Waals surface area (Å²) in [6.07, 6.45) is 9.47. The van der Waals surface area contributed by atoms with Crippen LogP contribution in [0.15, 0.2) is 24.3 Å². The molecule has 150 valence electrons. The van der Waals surface area contributed by atoms with Crippen LogP contribution in [-0.2, 0) is 9.53 Å². The highest BCUT2D eigenvalue weighted by molar-refractivity contribution is 6.32. The van der Waals surface area contributed by atoms with E-state index in [0.717, 1.165) is 37.0 Å². The number of nitrogens with one attached hydrogen (secondary N) is 2. The van der Waals surface area contributed by atoms with E-state index in [-0.39, 0.29) is 10.4 Å². The van der Waals surface area contributed by atoms with Gasteiger partial charge in [-0.1, -0.05) is 17.7 Å². The number of hydrazine groups is 1. The summed E-state index contributed by atoms with van der Waals surface area (Å²) in [5.74, 6) is 1.39. The lowest BCUT2D eigenvalue weighted by Crippen LogP contribution is -2.49. The monoisotopic (exact) mass is 406 g/mol. The largest absolute Gasteiger partial charge is 0.448 e. The lowest BCUT2D eigenvalue weighted by atomic mass is 9.50. The zero-order valence-corrected chi connectivity index (χ0v) is 16.3. The van der Waals surface area contributed by atoms with Crippen molar-refractivity contribution in [1.82, 2.24) is 10.9 Å². The summed E-state index contributed by atoms with van der Waals surface area (Å²) < 4.78 is 18.4. The maximum Gasteiger partial charge on any atom is 0.426 e. The highest BCUT2D eigenvalue weighted by atomic mass is 35.5. The van der Waals surface area contributed by atoms with Gasteiger partial charge >= 0.3 is 6.09 Å². The number of benzene rings is 1. The van der Waals surface area contributed by atoms with Crippen LogP contribution in [0.1, 0.15) is 44.1 Å². The molecule has 0 aliphatic heterocycles. The van der Waals surface area contributed by atoms with Crippen LogP contribution >= 0.6 is 11.6 Å². The molecule has 4 bridgehead atoms. The molecule has 4 aliphatic carbocycles. The maximum absolute atomic E-state index is 13.0. The molecule has 4 saturated carbocycles. The molecule has 1 aromatic rings. The molecule has 2 N–H and O–H groups in total. The summed E-state index contributed by atoms with van der Waals surface area (Å²) in [7, 11) is 0. The molecule has 28 heavy (non-hydrogen) atoms. The quantitative estimate of drug-likeness (QED) is 0.572. The Balaban J connectivity index is 1.22. The zero-order chi connectivity index (χ0) is 19.7. The zero-order valence-electron chi connectivity index (χ0n) is 15.5. The van der Waals surface area contributed by atoms with E-state index in [1.807, 2.05) is 0 Å². The molecule has 7 heteroatoms. The summed E-state index contributed by atoms with van der Waals surface area (Å²) in [4.78, 5) is 23.8. The molecular weight excluding hydrogens is 383 g/mol. The minimum atomic E-state index is -0.655. The van der Waals surface area contributed by atoms with Crippen molar-refractivity contribution < 1.29 is 18.7 Å². The molecule has 0 unspecified atom stereocenters. The number of halogens is 2. The first kappa shape index (κ1) is 19.2. The van der Waals surface area contributed by atoms with E-state index in [2.05, 4.69) is 10.9 Å². The second-order valence-corrected chi connectivity index (χ2v) is 9.01. The van der Waals surface area contributed by atoms with Crippen LogP contribution in [0, 0.1) is 29.0 Å². The van der Waals surface area contributed by atoms with Crippen LogP contribution in [0.2, 0.25) is 5.02 Å². The van der Waals surface area contributed by atoms with Gasteiger partial charge in [0, 0.05) is 11.5 Å². The average molecular weight is 407 g/mol. The van der Waals surface area contributed by atoms with E-state index < -0.39 is 17.8 Å². The van der Waals surface area contributed by atoms with Crippen LogP contribution in [0.3, 0.4) is 0 Å². The Bertz CT molecular complexity index is 776. The smallest absolute Gasteiger partial charge is 0.426 e. The van der Waals surface area contributed by atoms with Gasteiger partial charge in [-0.2, -0.15) is 0 Å². The Labute approximate surface area is 168 Å². The van der Waals surface area contributed by atoms with Crippen LogP contribution in [0.5, 0.6) is 0 Å². The minimum Gasteiger partial charge on any atom is -0.448 e. The first-order valence-corrected chi connectivity index (χ1v) is 10.1. The highest BCUT2D eigenvalue weighted by Crippen LogP contribution is 2.60. The first-order valence-electron chi connectivity index (χ1n) is 9.77. The van der Waals surface area contributed by atoms with Gasteiger partial charge in [0.2, 0.25) is 0 Å². The van der Waals surface area contributed by atoms with Crippen molar-refractivity contribution in [2.75, 3.05) is 6.61 Å². The normalized spacial score (nSPS) is 30.4. The van der Waals surface area contributed by atoms with Gasteiger partial charge in [-0.25, -0.2) is 14.6 Å². The second kappa shape index (κ2) is 7.74. The van der Waals surface area contributed by atoms with Crippen molar-refractivity contribution in [3.8, 4) is 0 Å². The maximum atomic E-state index is 13.0. The van der Waals surface area contributed by atoms with Crippen molar-refractivity contribution in [2.45, 2.75) is 38.5 Å². The Kier molecular flexibility index (Phi) is 5.32.